The van der Waals surface area contributed by atoms with Gasteiger partial charge in [0.15, 0.2) is 0 Å². The minimum absolute atomic E-state index is 0.0579. The minimum atomic E-state index is -0.0579. The molecule has 1 atom stereocenters. The van der Waals surface area contributed by atoms with E-state index in [0.717, 1.165) is 25.9 Å². The van der Waals surface area contributed by atoms with E-state index >= 15 is 0 Å². The van der Waals surface area contributed by atoms with E-state index in [1.165, 1.54) is 18.4 Å². The minimum Gasteiger partial charge on any atom is -0.466 e. The quantitative estimate of drug-likeness (QED) is 0.716. The Morgan fingerprint density at radius 1 is 1.25 bits per heavy atom. The number of hydrogen-bond acceptors (Lipinski definition) is 3. The molecule has 3 heteroatoms. The summed E-state index contributed by atoms with van der Waals surface area (Å²) in [5.41, 5.74) is 1.35. The largest absolute Gasteiger partial charge is 0.466 e. The molecule has 2 rings (SSSR count). The molecule has 0 spiro atoms. The number of likely N-dealkylation sites (tertiary alicyclic amines) is 1. The van der Waals surface area contributed by atoms with Crippen molar-refractivity contribution in [2.24, 2.45) is 0 Å². The van der Waals surface area contributed by atoms with Crippen LogP contribution in [0, 0.1) is 0 Å². The van der Waals surface area contributed by atoms with Crippen molar-refractivity contribution in [2.45, 2.75) is 45.1 Å². The number of esters is 1. The maximum Gasteiger partial charge on any atom is 0.307 e. The molecule has 20 heavy (non-hydrogen) atoms. The highest BCUT2D eigenvalue weighted by Crippen LogP contribution is 2.19. The number of aryl methyl sites for hydroxylation is 1. The third-order valence-corrected chi connectivity index (χ3v) is 3.97. The molecule has 0 bridgehead atoms. The SMILES string of the molecule is CCOC(=O)CC(CCc1ccccc1)N1CCCC1. The molecule has 1 aliphatic heterocycles. The maximum atomic E-state index is 11.8. The molecule has 110 valence electrons. The first-order valence-electron chi connectivity index (χ1n) is 7.73. The van der Waals surface area contributed by atoms with E-state index in [1.54, 1.807) is 0 Å². The lowest BCUT2D eigenvalue weighted by Gasteiger charge is -2.26. The number of benzene rings is 1. The van der Waals surface area contributed by atoms with Crippen molar-refractivity contribution >= 4 is 5.97 Å². The van der Waals surface area contributed by atoms with Gasteiger partial charge in [-0.05, 0) is 51.3 Å². The summed E-state index contributed by atoms with van der Waals surface area (Å²) < 4.78 is 5.12. The zero-order valence-electron chi connectivity index (χ0n) is 12.4. The third kappa shape index (κ3) is 4.64. The fraction of sp³-hybridized carbons (Fsp3) is 0.588. The Kier molecular flexibility index (Phi) is 6.06. The Morgan fingerprint density at radius 2 is 1.95 bits per heavy atom. The van der Waals surface area contributed by atoms with Crippen molar-refractivity contribution in [3.63, 3.8) is 0 Å². The molecule has 0 saturated carbocycles. The van der Waals surface area contributed by atoms with Crippen LogP contribution in [0.4, 0.5) is 0 Å². The van der Waals surface area contributed by atoms with Gasteiger partial charge in [0.1, 0.15) is 0 Å². The Morgan fingerprint density at radius 3 is 2.60 bits per heavy atom. The van der Waals surface area contributed by atoms with E-state index in [0.29, 0.717) is 19.1 Å². The summed E-state index contributed by atoms with van der Waals surface area (Å²) in [5.74, 6) is -0.0579. The maximum absolute atomic E-state index is 11.8. The first kappa shape index (κ1) is 15.0. The summed E-state index contributed by atoms with van der Waals surface area (Å²) in [6.07, 6.45) is 5.10. The van der Waals surface area contributed by atoms with Crippen LogP contribution >= 0.6 is 0 Å². The molecule has 1 saturated heterocycles. The lowest BCUT2D eigenvalue weighted by atomic mass is 10.0. The van der Waals surface area contributed by atoms with E-state index in [9.17, 15) is 4.79 Å². The summed E-state index contributed by atoms with van der Waals surface area (Å²) in [5, 5.41) is 0. The first-order chi connectivity index (χ1) is 9.79. The van der Waals surface area contributed by atoms with Crippen molar-refractivity contribution in [3.8, 4) is 0 Å². The van der Waals surface area contributed by atoms with Gasteiger partial charge in [-0.2, -0.15) is 0 Å². The monoisotopic (exact) mass is 275 g/mol. The van der Waals surface area contributed by atoms with Crippen molar-refractivity contribution in [1.82, 2.24) is 4.90 Å². The van der Waals surface area contributed by atoms with E-state index in [1.807, 2.05) is 13.0 Å². The summed E-state index contributed by atoms with van der Waals surface area (Å²) in [6.45, 7) is 4.59. The average Bonchev–Trinajstić information content (AvgIpc) is 2.99. The van der Waals surface area contributed by atoms with Crippen LogP contribution in [0.15, 0.2) is 30.3 Å². The molecule has 0 aromatic heterocycles. The Labute approximate surface area is 121 Å². The Bertz CT molecular complexity index is 399. The van der Waals surface area contributed by atoms with Crippen LogP contribution < -0.4 is 0 Å². The lowest BCUT2D eigenvalue weighted by molar-refractivity contribution is -0.144. The molecule has 0 aliphatic carbocycles. The van der Waals surface area contributed by atoms with Crippen molar-refractivity contribution < 1.29 is 9.53 Å². The molecular formula is C17H25NO2. The van der Waals surface area contributed by atoms with Gasteiger partial charge < -0.3 is 4.74 Å². The van der Waals surface area contributed by atoms with Crippen molar-refractivity contribution in [2.75, 3.05) is 19.7 Å². The van der Waals surface area contributed by atoms with E-state index in [2.05, 4.69) is 29.2 Å². The van der Waals surface area contributed by atoms with E-state index in [4.69, 9.17) is 4.74 Å². The zero-order chi connectivity index (χ0) is 14.2. The Hall–Kier alpha value is -1.35. The molecule has 3 nitrogen and oxygen atoms in total. The van der Waals surface area contributed by atoms with Gasteiger partial charge in [-0.25, -0.2) is 0 Å². The van der Waals surface area contributed by atoms with Crippen LogP contribution in [0.1, 0.15) is 38.2 Å². The van der Waals surface area contributed by atoms with Gasteiger partial charge in [0.25, 0.3) is 0 Å². The number of carbonyl (C=O) groups excluding carboxylic acids is 1. The van der Waals surface area contributed by atoms with Crippen LogP contribution in [0.25, 0.3) is 0 Å². The zero-order valence-corrected chi connectivity index (χ0v) is 12.4. The molecule has 1 heterocycles. The number of carbonyl (C=O) groups is 1. The van der Waals surface area contributed by atoms with Crippen LogP contribution in [0.2, 0.25) is 0 Å². The molecule has 1 unspecified atom stereocenters. The first-order valence-corrected chi connectivity index (χ1v) is 7.73. The van der Waals surface area contributed by atoms with Gasteiger partial charge >= 0.3 is 5.97 Å². The van der Waals surface area contributed by atoms with Crippen LogP contribution in [0.3, 0.4) is 0 Å². The third-order valence-electron chi connectivity index (χ3n) is 3.97. The van der Waals surface area contributed by atoms with Crippen molar-refractivity contribution in [1.29, 1.82) is 0 Å². The molecule has 1 aliphatic rings. The van der Waals surface area contributed by atoms with E-state index in [-0.39, 0.29) is 5.97 Å². The number of rotatable bonds is 7. The van der Waals surface area contributed by atoms with Gasteiger partial charge in [0.05, 0.1) is 13.0 Å². The standard InChI is InChI=1S/C17H25NO2/c1-2-20-17(19)14-16(18-12-6-7-13-18)11-10-15-8-4-3-5-9-15/h3-5,8-9,16H,2,6-7,10-14H2,1H3. The summed E-state index contributed by atoms with van der Waals surface area (Å²) >= 11 is 0. The fourth-order valence-corrected chi connectivity index (χ4v) is 2.91. The highest BCUT2D eigenvalue weighted by atomic mass is 16.5. The normalized spacial score (nSPS) is 17.1. The fourth-order valence-electron chi connectivity index (χ4n) is 2.91. The van der Waals surface area contributed by atoms with Gasteiger partial charge in [-0.3, -0.25) is 9.69 Å². The molecular weight excluding hydrogens is 250 g/mol. The van der Waals surface area contributed by atoms with Gasteiger partial charge in [0.2, 0.25) is 0 Å². The number of ether oxygens (including phenoxy) is 1. The van der Waals surface area contributed by atoms with Gasteiger partial charge in [0, 0.05) is 6.04 Å². The summed E-state index contributed by atoms with van der Waals surface area (Å²) in [4.78, 5) is 14.2. The summed E-state index contributed by atoms with van der Waals surface area (Å²) in [7, 11) is 0. The van der Waals surface area contributed by atoms with Crippen LogP contribution in [-0.4, -0.2) is 36.6 Å². The molecule has 0 amide bonds. The second kappa shape index (κ2) is 8.05. The molecule has 0 radical (unpaired) electrons. The second-order valence-corrected chi connectivity index (χ2v) is 5.43. The molecule has 1 fully saturated rings. The topological polar surface area (TPSA) is 29.5 Å². The van der Waals surface area contributed by atoms with Crippen molar-refractivity contribution in [3.05, 3.63) is 35.9 Å². The highest BCUT2D eigenvalue weighted by molar-refractivity contribution is 5.70. The lowest BCUT2D eigenvalue weighted by Crippen LogP contribution is -2.35. The predicted molar refractivity (Wildman–Crippen MR) is 80.6 cm³/mol. The smallest absolute Gasteiger partial charge is 0.307 e. The molecule has 1 aromatic rings. The second-order valence-electron chi connectivity index (χ2n) is 5.43. The van der Waals surface area contributed by atoms with Crippen LogP contribution in [-0.2, 0) is 16.0 Å². The predicted octanol–water partition coefficient (Wildman–Crippen LogP) is 3.04. The number of hydrogen-bond donors (Lipinski definition) is 0. The molecule has 1 aromatic carbocycles. The van der Waals surface area contributed by atoms with Gasteiger partial charge in [-0.1, -0.05) is 30.3 Å². The number of nitrogens with zero attached hydrogens (tertiary/aromatic N) is 1. The highest BCUT2D eigenvalue weighted by Gasteiger charge is 2.24. The van der Waals surface area contributed by atoms with E-state index < -0.39 is 0 Å². The molecule has 0 N–H and O–H groups in total. The summed E-state index contributed by atoms with van der Waals surface area (Å²) in [6, 6.07) is 10.8. The van der Waals surface area contributed by atoms with Crippen LogP contribution in [0.5, 0.6) is 0 Å². The average molecular weight is 275 g/mol. The Balaban J connectivity index is 1.89. The van der Waals surface area contributed by atoms with Gasteiger partial charge in [-0.15, -0.1) is 0 Å².